The highest BCUT2D eigenvalue weighted by Gasteiger charge is 2.24. The van der Waals surface area contributed by atoms with E-state index in [9.17, 15) is 4.79 Å². The van der Waals surface area contributed by atoms with Crippen LogP contribution < -0.4 is 4.90 Å². The Balaban J connectivity index is 2.38. The van der Waals surface area contributed by atoms with Gasteiger partial charge in [-0.15, -0.1) is 0 Å². The number of anilines is 1. The third-order valence-corrected chi connectivity index (χ3v) is 4.48. The SMILES string of the molecule is COCCCN(Cc1c(-c2ccccc2)noc1N(C)C(C)C)C(C)=O. The number of ether oxygens (including phenoxy) is 1. The van der Waals surface area contributed by atoms with Crippen molar-refractivity contribution >= 4 is 11.8 Å². The van der Waals surface area contributed by atoms with Crippen molar-refractivity contribution in [2.45, 2.75) is 39.8 Å². The topological polar surface area (TPSA) is 58.8 Å². The van der Waals surface area contributed by atoms with Gasteiger partial charge in [0.15, 0.2) is 0 Å². The molecule has 0 atom stereocenters. The highest BCUT2D eigenvalue weighted by molar-refractivity contribution is 5.75. The number of rotatable bonds is 9. The first-order valence-electron chi connectivity index (χ1n) is 8.97. The number of benzene rings is 1. The van der Waals surface area contributed by atoms with Crippen LogP contribution in [0.3, 0.4) is 0 Å². The second-order valence-electron chi connectivity index (χ2n) is 6.67. The second kappa shape index (κ2) is 9.38. The average Bonchev–Trinajstić information content (AvgIpc) is 3.04. The largest absolute Gasteiger partial charge is 0.385 e. The van der Waals surface area contributed by atoms with Gasteiger partial charge in [-0.2, -0.15) is 0 Å². The first-order valence-corrected chi connectivity index (χ1v) is 8.97. The maximum atomic E-state index is 12.1. The standard InChI is InChI=1S/C20H29N3O3/c1-15(2)22(4)20-18(14-23(16(3)24)12-9-13-25-5)19(21-26-20)17-10-7-6-8-11-17/h6-8,10-11,15H,9,12-14H2,1-5H3. The third-order valence-electron chi connectivity index (χ3n) is 4.48. The summed E-state index contributed by atoms with van der Waals surface area (Å²) < 4.78 is 10.8. The Morgan fingerprint density at radius 1 is 1.27 bits per heavy atom. The summed E-state index contributed by atoms with van der Waals surface area (Å²) in [5.74, 6) is 0.733. The molecule has 142 valence electrons. The molecule has 0 fully saturated rings. The number of amides is 1. The number of carbonyl (C=O) groups is 1. The van der Waals surface area contributed by atoms with E-state index >= 15 is 0 Å². The first kappa shape index (κ1) is 20.0. The average molecular weight is 359 g/mol. The molecule has 1 aromatic heterocycles. The zero-order chi connectivity index (χ0) is 19.1. The molecular weight excluding hydrogens is 330 g/mol. The minimum atomic E-state index is 0.0273. The van der Waals surface area contributed by atoms with Gasteiger partial charge in [-0.05, 0) is 20.3 Å². The van der Waals surface area contributed by atoms with Crippen LogP contribution >= 0.6 is 0 Å². The fraction of sp³-hybridized carbons (Fsp3) is 0.500. The smallest absolute Gasteiger partial charge is 0.232 e. The Morgan fingerprint density at radius 2 is 1.96 bits per heavy atom. The van der Waals surface area contributed by atoms with E-state index in [4.69, 9.17) is 9.26 Å². The van der Waals surface area contributed by atoms with Gasteiger partial charge >= 0.3 is 0 Å². The molecule has 0 unspecified atom stereocenters. The molecule has 1 aromatic carbocycles. The van der Waals surface area contributed by atoms with E-state index in [1.54, 1.807) is 14.0 Å². The molecule has 2 rings (SSSR count). The lowest BCUT2D eigenvalue weighted by Crippen LogP contribution is -2.32. The lowest BCUT2D eigenvalue weighted by molar-refractivity contribution is -0.129. The summed E-state index contributed by atoms with van der Waals surface area (Å²) >= 11 is 0. The molecule has 0 aliphatic rings. The summed E-state index contributed by atoms with van der Waals surface area (Å²) in [6, 6.07) is 10.2. The molecule has 6 nitrogen and oxygen atoms in total. The molecule has 0 saturated carbocycles. The number of hydrogen-bond acceptors (Lipinski definition) is 5. The fourth-order valence-corrected chi connectivity index (χ4v) is 2.72. The Labute approximate surface area is 155 Å². The number of hydrogen-bond donors (Lipinski definition) is 0. The first-order chi connectivity index (χ1) is 12.5. The summed E-state index contributed by atoms with van der Waals surface area (Å²) in [6.45, 7) is 7.49. The predicted molar refractivity (Wildman–Crippen MR) is 103 cm³/mol. The molecule has 6 heteroatoms. The van der Waals surface area contributed by atoms with Crippen molar-refractivity contribution in [1.29, 1.82) is 0 Å². The van der Waals surface area contributed by atoms with Crippen molar-refractivity contribution in [3.05, 3.63) is 35.9 Å². The zero-order valence-electron chi connectivity index (χ0n) is 16.4. The number of carbonyl (C=O) groups excluding carboxylic acids is 1. The number of nitrogens with zero attached hydrogens (tertiary/aromatic N) is 3. The van der Waals surface area contributed by atoms with Gasteiger partial charge in [0, 0.05) is 45.8 Å². The zero-order valence-corrected chi connectivity index (χ0v) is 16.4. The van der Waals surface area contributed by atoms with E-state index in [2.05, 4.69) is 19.0 Å². The van der Waals surface area contributed by atoms with E-state index in [-0.39, 0.29) is 11.9 Å². The van der Waals surface area contributed by atoms with Crippen molar-refractivity contribution in [3.63, 3.8) is 0 Å². The minimum absolute atomic E-state index is 0.0273. The van der Waals surface area contributed by atoms with E-state index in [1.165, 1.54) is 0 Å². The maximum Gasteiger partial charge on any atom is 0.232 e. The summed E-state index contributed by atoms with van der Waals surface area (Å²) in [4.78, 5) is 16.0. The summed E-state index contributed by atoms with van der Waals surface area (Å²) in [7, 11) is 3.65. The maximum absolute atomic E-state index is 12.1. The van der Waals surface area contributed by atoms with Gasteiger partial charge in [0.1, 0.15) is 5.69 Å². The van der Waals surface area contributed by atoms with Crippen LogP contribution in [0.25, 0.3) is 11.3 Å². The quantitative estimate of drug-likeness (QED) is 0.641. The van der Waals surface area contributed by atoms with Crippen LogP contribution in [0.15, 0.2) is 34.9 Å². The molecule has 0 aliphatic carbocycles. The second-order valence-corrected chi connectivity index (χ2v) is 6.67. The molecule has 1 heterocycles. The molecule has 0 N–H and O–H groups in total. The van der Waals surface area contributed by atoms with Gasteiger partial charge < -0.3 is 19.1 Å². The van der Waals surface area contributed by atoms with E-state index in [1.807, 2.05) is 47.2 Å². The van der Waals surface area contributed by atoms with E-state index in [0.717, 1.165) is 23.2 Å². The highest BCUT2D eigenvalue weighted by atomic mass is 16.5. The van der Waals surface area contributed by atoms with Gasteiger partial charge in [-0.25, -0.2) is 0 Å². The Kier molecular flexibility index (Phi) is 7.21. The van der Waals surface area contributed by atoms with Crippen molar-refractivity contribution in [2.24, 2.45) is 0 Å². The van der Waals surface area contributed by atoms with Crippen LogP contribution in [0.2, 0.25) is 0 Å². The summed E-state index contributed by atoms with van der Waals surface area (Å²) in [5.41, 5.74) is 2.70. The van der Waals surface area contributed by atoms with E-state index in [0.29, 0.717) is 25.6 Å². The monoisotopic (exact) mass is 359 g/mol. The third kappa shape index (κ3) is 4.85. The molecule has 2 aromatic rings. The van der Waals surface area contributed by atoms with Gasteiger partial charge in [-0.1, -0.05) is 35.5 Å². The molecule has 0 bridgehead atoms. The molecule has 26 heavy (non-hydrogen) atoms. The van der Waals surface area contributed by atoms with Crippen molar-refractivity contribution in [1.82, 2.24) is 10.1 Å². The molecule has 0 spiro atoms. The van der Waals surface area contributed by atoms with Crippen LogP contribution in [0, 0.1) is 0 Å². The highest BCUT2D eigenvalue weighted by Crippen LogP contribution is 2.32. The predicted octanol–water partition coefficient (Wildman–Crippen LogP) is 3.57. The van der Waals surface area contributed by atoms with Crippen molar-refractivity contribution in [3.8, 4) is 11.3 Å². The normalized spacial score (nSPS) is 11.0. The van der Waals surface area contributed by atoms with Crippen LogP contribution in [-0.2, 0) is 16.1 Å². The number of methoxy groups -OCH3 is 1. The molecule has 1 amide bonds. The molecule has 0 aliphatic heterocycles. The van der Waals surface area contributed by atoms with Gasteiger partial charge in [0.05, 0.1) is 12.1 Å². The Hall–Kier alpha value is -2.34. The molecule has 0 radical (unpaired) electrons. The number of aromatic nitrogens is 1. The lowest BCUT2D eigenvalue weighted by atomic mass is 10.1. The molecule has 0 saturated heterocycles. The lowest BCUT2D eigenvalue weighted by Gasteiger charge is -2.25. The van der Waals surface area contributed by atoms with Crippen LogP contribution in [0.5, 0.6) is 0 Å². The van der Waals surface area contributed by atoms with E-state index < -0.39 is 0 Å². The molecular formula is C20H29N3O3. The summed E-state index contributed by atoms with van der Waals surface area (Å²) in [5, 5.41) is 4.32. The van der Waals surface area contributed by atoms with Crippen molar-refractivity contribution < 1.29 is 14.1 Å². The Bertz CT molecular complexity index is 698. The van der Waals surface area contributed by atoms with Gasteiger partial charge in [0.2, 0.25) is 11.8 Å². The van der Waals surface area contributed by atoms with Crippen LogP contribution in [0.1, 0.15) is 32.8 Å². The van der Waals surface area contributed by atoms with Crippen LogP contribution in [-0.4, -0.2) is 49.3 Å². The van der Waals surface area contributed by atoms with Gasteiger partial charge in [0.25, 0.3) is 0 Å². The van der Waals surface area contributed by atoms with Crippen LogP contribution in [0.4, 0.5) is 5.88 Å². The van der Waals surface area contributed by atoms with Crippen molar-refractivity contribution in [2.75, 3.05) is 32.2 Å². The fourth-order valence-electron chi connectivity index (χ4n) is 2.72. The van der Waals surface area contributed by atoms with Gasteiger partial charge in [-0.3, -0.25) is 4.79 Å². The summed E-state index contributed by atoms with van der Waals surface area (Å²) in [6.07, 6.45) is 0.789. The Morgan fingerprint density at radius 3 is 2.54 bits per heavy atom. The minimum Gasteiger partial charge on any atom is -0.385 e.